The number of nitrogens with one attached hydrogen (secondary N) is 1. The maximum atomic E-state index is 13.2. The summed E-state index contributed by atoms with van der Waals surface area (Å²) < 4.78 is 0. The molecule has 1 saturated heterocycles. The molecule has 3 aromatic rings. The summed E-state index contributed by atoms with van der Waals surface area (Å²) >= 11 is 0. The number of carbonyl (C=O) groups is 1. The first-order chi connectivity index (χ1) is 14.0. The molecule has 1 aromatic carbocycles. The Kier molecular flexibility index (Phi) is 4.23. The van der Waals surface area contributed by atoms with E-state index in [1.54, 1.807) is 0 Å². The van der Waals surface area contributed by atoms with E-state index >= 15 is 0 Å². The van der Waals surface area contributed by atoms with Gasteiger partial charge in [-0.1, -0.05) is 29.8 Å². The molecule has 2 aromatic heterocycles. The van der Waals surface area contributed by atoms with Crippen molar-refractivity contribution in [3.63, 3.8) is 0 Å². The van der Waals surface area contributed by atoms with Crippen LogP contribution < -0.4 is 0 Å². The highest BCUT2D eigenvalue weighted by atomic mass is 16.2. The Morgan fingerprint density at radius 1 is 1.17 bits per heavy atom. The highest BCUT2D eigenvalue weighted by Crippen LogP contribution is 2.44. The van der Waals surface area contributed by atoms with E-state index in [4.69, 9.17) is 4.98 Å². The fraction of sp³-hybridized carbons (Fsp3) is 0.391. The molecule has 1 spiro atoms. The van der Waals surface area contributed by atoms with Crippen LogP contribution in [-0.4, -0.2) is 44.1 Å². The first kappa shape index (κ1) is 18.0. The van der Waals surface area contributed by atoms with Gasteiger partial charge >= 0.3 is 0 Å². The van der Waals surface area contributed by atoms with Gasteiger partial charge in [0.2, 0.25) is 0 Å². The third-order valence-electron chi connectivity index (χ3n) is 6.38. The molecule has 6 nitrogen and oxygen atoms in total. The lowest BCUT2D eigenvalue weighted by Gasteiger charge is -2.40. The largest absolute Gasteiger partial charge is 0.336 e. The Labute approximate surface area is 170 Å². The minimum Gasteiger partial charge on any atom is -0.336 e. The molecule has 1 aliphatic heterocycles. The standard InChI is InChI=1S/C23H25N5O/c1-15-4-6-17(7-5-15)19-12-20(27-26-19)22(29)28-11-3-9-23(14-28)10-8-18-13-24-16(2)25-21(18)23/h4-7,12-13H,3,8-11,14H2,1-2H3,(H,26,27). The van der Waals surface area contributed by atoms with Gasteiger partial charge in [-0.2, -0.15) is 5.10 Å². The predicted molar refractivity (Wildman–Crippen MR) is 111 cm³/mol. The second-order valence-electron chi connectivity index (χ2n) is 8.43. The van der Waals surface area contributed by atoms with E-state index in [0.29, 0.717) is 12.2 Å². The van der Waals surface area contributed by atoms with Gasteiger partial charge in [0, 0.05) is 30.3 Å². The fourth-order valence-electron chi connectivity index (χ4n) is 4.81. The van der Waals surface area contributed by atoms with Gasteiger partial charge in [0.05, 0.1) is 11.4 Å². The molecular weight excluding hydrogens is 362 g/mol. The third-order valence-corrected chi connectivity index (χ3v) is 6.38. The summed E-state index contributed by atoms with van der Waals surface area (Å²) in [7, 11) is 0. The second-order valence-corrected chi connectivity index (χ2v) is 8.43. The number of benzene rings is 1. The molecule has 0 saturated carbocycles. The maximum Gasteiger partial charge on any atom is 0.271 e. The Morgan fingerprint density at radius 3 is 2.83 bits per heavy atom. The number of hydrogen-bond acceptors (Lipinski definition) is 4. The zero-order valence-corrected chi connectivity index (χ0v) is 16.9. The van der Waals surface area contributed by atoms with Crippen molar-refractivity contribution in [2.24, 2.45) is 0 Å². The van der Waals surface area contributed by atoms with Crippen LogP contribution >= 0.6 is 0 Å². The highest BCUT2D eigenvalue weighted by Gasteiger charge is 2.44. The quantitative estimate of drug-likeness (QED) is 0.729. The third kappa shape index (κ3) is 3.12. The Hall–Kier alpha value is -3.02. The molecule has 3 heterocycles. The number of aromatic amines is 1. The van der Waals surface area contributed by atoms with Crippen LogP contribution in [0.4, 0.5) is 0 Å². The Bertz CT molecular complexity index is 1070. The second kappa shape index (κ2) is 6.79. The molecule has 1 fully saturated rings. The SMILES string of the molecule is Cc1ccc(-c2cc(C(=O)N3CCCC4(CCc5cnc(C)nc54)C3)[nH]n2)cc1. The number of aryl methyl sites for hydroxylation is 3. The van der Waals surface area contributed by atoms with Crippen molar-refractivity contribution in [2.45, 2.75) is 44.9 Å². The first-order valence-corrected chi connectivity index (χ1v) is 10.3. The van der Waals surface area contributed by atoms with Gasteiger partial charge in [-0.3, -0.25) is 9.89 Å². The molecule has 29 heavy (non-hydrogen) atoms. The van der Waals surface area contributed by atoms with Gasteiger partial charge in [0.15, 0.2) is 0 Å². The van der Waals surface area contributed by atoms with Crippen molar-refractivity contribution in [1.82, 2.24) is 25.1 Å². The molecule has 1 unspecified atom stereocenters. The van der Waals surface area contributed by atoms with E-state index in [-0.39, 0.29) is 11.3 Å². The minimum absolute atomic E-state index is 0.0224. The number of fused-ring (bicyclic) bond motifs is 2. The van der Waals surface area contributed by atoms with E-state index in [9.17, 15) is 4.79 Å². The summed E-state index contributed by atoms with van der Waals surface area (Å²) in [4.78, 5) is 24.4. The number of carbonyl (C=O) groups excluding carboxylic acids is 1. The van der Waals surface area contributed by atoms with Crippen LogP contribution in [0.15, 0.2) is 36.5 Å². The van der Waals surface area contributed by atoms with Crippen molar-refractivity contribution >= 4 is 5.91 Å². The van der Waals surface area contributed by atoms with Crippen LogP contribution in [0.3, 0.4) is 0 Å². The van der Waals surface area contributed by atoms with E-state index in [2.05, 4.69) is 34.2 Å². The van der Waals surface area contributed by atoms with Crippen LogP contribution in [0.1, 0.15) is 52.4 Å². The number of nitrogens with zero attached hydrogens (tertiary/aromatic N) is 4. The first-order valence-electron chi connectivity index (χ1n) is 10.3. The summed E-state index contributed by atoms with van der Waals surface area (Å²) in [5.41, 5.74) is 5.94. The molecule has 1 atom stereocenters. The van der Waals surface area contributed by atoms with E-state index in [1.807, 2.05) is 36.2 Å². The Morgan fingerprint density at radius 2 is 2.00 bits per heavy atom. The van der Waals surface area contributed by atoms with Crippen molar-refractivity contribution in [2.75, 3.05) is 13.1 Å². The zero-order chi connectivity index (χ0) is 20.0. The number of amides is 1. The average Bonchev–Trinajstić information content (AvgIpc) is 3.35. The molecule has 5 rings (SSSR count). The lowest BCUT2D eigenvalue weighted by molar-refractivity contribution is 0.0627. The summed E-state index contributed by atoms with van der Waals surface area (Å²) in [6.07, 6.45) is 6.09. The van der Waals surface area contributed by atoms with Gasteiger partial charge in [-0.25, -0.2) is 9.97 Å². The molecule has 6 heteroatoms. The molecule has 1 N–H and O–H groups in total. The highest BCUT2D eigenvalue weighted by molar-refractivity contribution is 5.93. The number of aromatic nitrogens is 4. The van der Waals surface area contributed by atoms with Gasteiger partial charge in [0.25, 0.3) is 5.91 Å². The number of hydrogen-bond donors (Lipinski definition) is 1. The number of likely N-dealkylation sites (tertiary alicyclic amines) is 1. The van der Waals surface area contributed by atoms with Crippen molar-refractivity contribution in [3.05, 3.63) is 64.9 Å². The van der Waals surface area contributed by atoms with Crippen LogP contribution in [0.2, 0.25) is 0 Å². The number of piperidine rings is 1. The molecule has 0 radical (unpaired) electrons. The van der Waals surface area contributed by atoms with Gasteiger partial charge in [-0.15, -0.1) is 0 Å². The molecular formula is C23H25N5O. The normalized spacial score (nSPS) is 20.8. The molecule has 1 aliphatic carbocycles. The van der Waals surface area contributed by atoms with Crippen molar-refractivity contribution in [1.29, 1.82) is 0 Å². The van der Waals surface area contributed by atoms with E-state index in [1.165, 1.54) is 11.1 Å². The van der Waals surface area contributed by atoms with Crippen molar-refractivity contribution in [3.8, 4) is 11.3 Å². The number of H-pyrrole nitrogens is 1. The monoisotopic (exact) mass is 387 g/mol. The van der Waals surface area contributed by atoms with Crippen LogP contribution in [0.25, 0.3) is 11.3 Å². The lowest BCUT2D eigenvalue weighted by atomic mass is 9.77. The van der Waals surface area contributed by atoms with E-state index < -0.39 is 0 Å². The summed E-state index contributed by atoms with van der Waals surface area (Å²) in [6, 6.07) is 10.0. The topological polar surface area (TPSA) is 74.8 Å². The summed E-state index contributed by atoms with van der Waals surface area (Å²) in [6.45, 7) is 5.49. The van der Waals surface area contributed by atoms with Crippen LogP contribution in [-0.2, 0) is 11.8 Å². The Balaban J connectivity index is 1.39. The fourth-order valence-corrected chi connectivity index (χ4v) is 4.81. The summed E-state index contributed by atoms with van der Waals surface area (Å²) in [5.74, 6) is 0.832. The predicted octanol–water partition coefficient (Wildman–Crippen LogP) is 3.60. The molecule has 148 valence electrons. The zero-order valence-electron chi connectivity index (χ0n) is 16.9. The van der Waals surface area contributed by atoms with Crippen LogP contribution in [0, 0.1) is 13.8 Å². The van der Waals surface area contributed by atoms with E-state index in [0.717, 1.165) is 55.0 Å². The molecule has 0 bridgehead atoms. The molecule has 1 amide bonds. The lowest BCUT2D eigenvalue weighted by Crippen LogP contribution is -2.48. The maximum absolute atomic E-state index is 13.2. The summed E-state index contributed by atoms with van der Waals surface area (Å²) in [5, 5.41) is 7.33. The van der Waals surface area contributed by atoms with Gasteiger partial charge in [-0.05, 0) is 51.2 Å². The van der Waals surface area contributed by atoms with Crippen molar-refractivity contribution < 1.29 is 4.79 Å². The minimum atomic E-state index is -0.0310. The van der Waals surface area contributed by atoms with Gasteiger partial charge < -0.3 is 4.90 Å². The molecule has 2 aliphatic rings. The van der Waals surface area contributed by atoms with Gasteiger partial charge in [0.1, 0.15) is 11.5 Å². The number of rotatable bonds is 2. The smallest absolute Gasteiger partial charge is 0.271 e. The van der Waals surface area contributed by atoms with Crippen LogP contribution in [0.5, 0.6) is 0 Å². The average molecular weight is 387 g/mol.